The third-order valence-electron chi connectivity index (χ3n) is 13.0. The summed E-state index contributed by atoms with van der Waals surface area (Å²) >= 11 is 0. The maximum Gasteiger partial charge on any atom is 0.247 e. The van der Waals surface area contributed by atoms with Gasteiger partial charge in [-0.1, -0.05) is 150 Å². The van der Waals surface area contributed by atoms with Gasteiger partial charge in [0.25, 0.3) is 0 Å². The average Bonchev–Trinajstić information content (AvgIpc) is 3.60. The van der Waals surface area contributed by atoms with Crippen molar-refractivity contribution in [1.82, 2.24) is 4.57 Å². The molecule has 3 nitrogen and oxygen atoms in total. The topological polar surface area (TPSA) is 11.4 Å². The Morgan fingerprint density at radius 1 is 0.435 bits per heavy atom. The van der Waals surface area contributed by atoms with Crippen molar-refractivity contribution in [2.45, 2.75) is 66.2 Å². The molecule has 304 valence electrons. The monoisotopic (exact) mass is 803 g/mol. The highest BCUT2D eigenvalue weighted by atomic mass is 15.2. The van der Waals surface area contributed by atoms with Gasteiger partial charge in [-0.05, 0) is 137 Å². The van der Waals surface area contributed by atoms with E-state index < -0.39 is 0 Å². The van der Waals surface area contributed by atoms with E-state index >= 15 is 0 Å². The smallest absolute Gasteiger partial charge is 0.247 e. The summed E-state index contributed by atoms with van der Waals surface area (Å²) in [6.07, 6.45) is 0. The quantitative estimate of drug-likeness (QED) is 0.135. The van der Waals surface area contributed by atoms with Gasteiger partial charge in [-0.2, -0.15) is 0 Å². The third-order valence-corrected chi connectivity index (χ3v) is 13.0. The minimum absolute atomic E-state index is 0.0275. The van der Waals surface area contributed by atoms with Crippen molar-refractivity contribution < 1.29 is 0 Å². The molecule has 0 saturated heterocycles. The largest absolute Gasteiger partial charge is 0.311 e. The van der Waals surface area contributed by atoms with Gasteiger partial charge in [-0.25, -0.2) is 0 Å². The van der Waals surface area contributed by atoms with Crippen LogP contribution >= 0.6 is 0 Å². The molecular weight excluding hydrogens is 749 g/mol. The van der Waals surface area contributed by atoms with Gasteiger partial charge in [-0.15, -0.1) is 0 Å². The van der Waals surface area contributed by atoms with Crippen molar-refractivity contribution in [2.24, 2.45) is 0 Å². The van der Waals surface area contributed by atoms with Gasteiger partial charge >= 0.3 is 0 Å². The van der Waals surface area contributed by atoms with Gasteiger partial charge in [0.05, 0.1) is 11.0 Å². The summed E-state index contributed by atoms with van der Waals surface area (Å²) in [6.45, 7) is 16.4. The molecule has 1 aliphatic rings. The Balaban J connectivity index is 1.36. The number of rotatable bonds is 9. The van der Waals surface area contributed by atoms with E-state index in [0.717, 1.165) is 22.7 Å². The van der Waals surface area contributed by atoms with Gasteiger partial charge in [0.2, 0.25) is 6.71 Å². The second-order valence-corrected chi connectivity index (χ2v) is 18.1. The molecule has 4 heteroatoms. The van der Waals surface area contributed by atoms with Crippen LogP contribution in [0.3, 0.4) is 0 Å². The van der Waals surface area contributed by atoms with E-state index in [2.05, 4.69) is 245 Å². The highest BCUT2D eigenvalue weighted by Gasteiger charge is 2.40. The third kappa shape index (κ3) is 6.70. The standard InChI is InChI=1S/C58H54BN3/c1-38(2)42-33-49(39(3)4)58(50(34-42)40(5)6)59-52-31-29-47(60(43-20-12-8-13-21-43)44-22-14-9-15-23-44)35-56(52)62(46-26-18-11-19-27-46)57-36-51-48-30-28-41(7)32-54(48)61(55(51)37-53(57)59)45-24-16-10-17-25-45/h8-40H,1-7H3. The van der Waals surface area contributed by atoms with Gasteiger partial charge in [0, 0.05) is 50.6 Å². The Morgan fingerprint density at radius 3 is 1.53 bits per heavy atom. The number of aromatic nitrogens is 1. The van der Waals surface area contributed by atoms with E-state index in [-0.39, 0.29) is 6.71 Å². The van der Waals surface area contributed by atoms with Crippen molar-refractivity contribution >= 4 is 79.0 Å². The number of hydrogen-bond donors (Lipinski definition) is 0. The van der Waals surface area contributed by atoms with Crippen LogP contribution in [0.4, 0.5) is 34.1 Å². The molecule has 0 bridgehead atoms. The summed E-state index contributed by atoms with van der Waals surface area (Å²) in [6, 6.07) is 67.8. The van der Waals surface area contributed by atoms with E-state index in [1.807, 2.05) is 0 Å². The lowest BCUT2D eigenvalue weighted by molar-refractivity contribution is 0.812. The number of anilines is 6. The van der Waals surface area contributed by atoms with Crippen molar-refractivity contribution in [3.8, 4) is 5.69 Å². The fourth-order valence-electron chi connectivity index (χ4n) is 9.98. The number of hydrogen-bond acceptors (Lipinski definition) is 2. The molecule has 0 fully saturated rings. The maximum absolute atomic E-state index is 2.55. The number of para-hydroxylation sites is 4. The normalized spacial score (nSPS) is 12.5. The van der Waals surface area contributed by atoms with Crippen LogP contribution in [0.1, 0.15) is 81.5 Å². The van der Waals surface area contributed by atoms with Gasteiger partial charge in [-0.3, -0.25) is 0 Å². The minimum atomic E-state index is -0.0275. The lowest BCUT2D eigenvalue weighted by Crippen LogP contribution is -2.59. The zero-order chi connectivity index (χ0) is 42.6. The van der Waals surface area contributed by atoms with Gasteiger partial charge in [0.15, 0.2) is 0 Å². The molecule has 0 radical (unpaired) electrons. The Bertz CT molecular complexity index is 2990. The first-order valence-corrected chi connectivity index (χ1v) is 22.4. The molecule has 0 saturated carbocycles. The zero-order valence-electron chi connectivity index (χ0n) is 37.0. The molecule has 0 aliphatic carbocycles. The summed E-state index contributed by atoms with van der Waals surface area (Å²) in [5.74, 6) is 1.08. The van der Waals surface area contributed by atoms with E-state index in [1.54, 1.807) is 0 Å². The Kier molecular flexibility index (Phi) is 10.1. The van der Waals surface area contributed by atoms with E-state index in [4.69, 9.17) is 0 Å². The fourth-order valence-corrected chi connectivity index (χ4v) is 9.98. The highest BCUT2D eigenvalue weighted by Crippen LogP contribution is 2.44. The van der Waals surface area contributed by atoms with Gasteiger partial charge < -0.3 is 14.4 Å². The van der Waals surface area contributed by atoms with Crippen LogP contribution < -0.4 is 26.2 Å². The van der Waals surface area contributed by atoms with Crippen LogP contribution in [-0.4, -0.2) is 11.3 Å². The molecule has 1 aromatic heterocycles. The maximum atomic E-state index is 2.55. The second kappa shape index (κ2) is 15.9. The van der Waals surface area contributed by atoms with E-state index in [1.165, 1.54) is 77.5 Å². The molecule has 0 spiro atoms. The molecule has 0 unspecified atom stereocenters. The predicted molar refractivity (Wildman–Crippen MR) is 268 cm³/mol. The van der Waals surface area contributed by atoms with E-state index in [0.29, 0.717) is 17.8 Å². The summed E-state index contributed by atoms with van der Waals surface area (Å²) in [5.41, 5.74) is 20.2. The molecule has 62 heavy (non-hydrogen) atoms. The molecule has 0 atom stereocenters. The van der Waals surface area contributed by atoms with E-state index in [9.17, 15) is 0 Å². The van der Waals surface area contributed by atoms with Crippen LogP contribution in [0.25, 0.3) is 27.5 Å². The van der Waals surface area contributed by atoms with Crippen LogP contribution in [0.2, 0.25) is 0 Å². The Labute approximate surface area is 368 Å². The average molecular weight is 804 g/mol. The Hall–Kier alpha value is -6.78. The lowest BCUT2D eigenvalue weighted by atomic mass is 9.33. The first-order valence-electron chi connectivity index (χ1n) is 22.4. The summed E-state index contributed by atoms with van der Waals surface area (Å²) in [7, 11) is 0. The Morgan fingerprint density at radius 2 is 0.968 bits per heavy atom. The fraction of sp³-hybridized carbons (Fsp3) is 0.172. The SMILES string of the molecule is Cc1ccc2c3cc4c(cc3n(-c3ccccc3)c2c1)B(c1c(C(C)C)cc(C(C)C)cc1C(C)C)c1ccc(N(c2ccccc2)c2ccccc2)cc1N4c1ccccc1. The van der Waals surface area contributed by atoms with Crippen molar-refractivity contribution in [3.63, 3.8) is 0 Å². The van der Waals surface area contributed by atoms with Crippen LogP contribution in [-0.2, 0) is 0 Å². The number of nitrogens with zero attached hydrogens (tertiary/aromatic N) is 3. The second-order valence-electron chi connectivity index (χ2n) is 18.1. The van der Waals surface area contributed by atoms with Gasteiger partial charge in [0.1, 0.15) is 0 Å². The lowest BCUT2D eigenvalue weighted by Gasteiger charge is -2.40. The van der Waals surface area contributed by atoms with Crippen molar-refractivity contribution in [1.29, 1.82) is 0 Å². The van der Waals surface area contributed by atoms with Crippen LogP contribution in [0.5, 0.6) is 0 Å². The molecule has 10 rings (SSSR count). The van der Waals surface area contributed by atoms with Crippen LogP contribution in [0, 0.1) is 6.92 Å². The summed E-state index contributed by atoms with van der Waals surface area (Å²) in [5, 5.41) is 2.51. The summed E-state index contributed by atoms with van der Waals surface area (Å²) in [4.78, 5) is 4.94. The molecule has 1 aliphatic heterocycles. The number of aryl methyl sites for hydroxylation is 1. The van der Waals surface area contributed by atoms with Crippen molar-refractivity contribution in [3.05, 3.63) is 204 Å². The highest BCUT2D eigenvalue weighted by molar-refractivity contribution is 6.98. The first kappa shape index (κ1) is 39.4. The summed E-state index contributed by atoms with van der Waals surface area (Å²) < 4.78 is 2.49. The predicted octanol–water partition coefficient (Wildman–Crippen LogP) is 14.2. The molecule has 8 aromatic carbocycles. The van der Waals surface area contributed by atoms with Crippen LogP contribution in [0.15, 0.2) is 182 Å². The molecule has 2 heterocycles. The zero-order valence-corrected chi connectivity index (χ0v) is 37.0. The molecule has 9 aromatic rings. The molecule has 0 N–H and O–H groups in total. The molecule has 0 amide bonds. The van der Waals surface area contributed by atoms with Crippen molar-refractivity contribution in [2.75, 3.05) is 9.80 Å². The minimum Gasteiger partial charge on any atom is -0.311 e. The molecular formula is C58H54BN3. The number of fused-ring (bicyclic) bond motifs is 5. The first-order chi connectivity index (χ1) is 30.2. The number of benzene rings is 8.